The maximum Gasteiger partial charge on any atom is 0.261 e. The number of rotatable bonds is 0. The average Bonchev–Trinajstić information content (AvgIpc) is 2.62. The van der Waals surface area contributed by atoms with Gasteiger partial charge >= 0.3 is 0 Å². The van der Waals surface area contributed by atoms with Crippen LogP contribution in [-0.2, 0) is 6.54 Å². The molecule has 0 spiro atoms. The molecule has 3 heteroatoms. The molecule has 1 aliphatic rings. The smallest absolute Gasteiger partial charge is 0.261 e. The number of para-hydroxylation sites is 1. The first kappa shape index (κ1) is 8.41. The summed E-state index contributed by atoms with van der Waals surface area (Å²) in [6, 6.07) is 7.47. The molecule has 1 aromatic heterocycles. The highest BCUT2D eigenvalue weighted by atomic mass is 16.1. The zero-order chi connectivity index (χ0) is 10.4. The van der Waals surface area contributed by atoms with E-state index >= 15 is 0 Å². The molecule has 0 saturated heterocycles. The lowest BCUT2D eigenvalue weighted by Crippen LogP contribution is -2.21. The van der Waals surface area contributed by atoms with Crippen molar-refractivity contribution in [1.29, 1.82) is 0 Å². The van der Waals surface area contributed by atoms with Crippen LogP contribution in [0, 0.1) is 0 Å². The van der Waals surface area contributed by atoms with E-state index in [2.05, 4.69) is 4.98 Å². The summed E-state index contributed by atoms with van der Waals surface area (Å²) in [4.78, 5) is 16.5. The minimum Gasteiger partial charge on any atom is -0.288 e. The lowest BCUT2D eigenvalue weighted by atomic mass is 10.2. The minimum atomic E-state index is 0.0590. The highest BCUT2D eigenvalue weighted by molar-refractivity contribution is 5.79. The van der Waals surface area contributed by atoms with Gasteiger partial charge in [0, 0.05) is 6.54 Å². The molecule has 74 valence electrons. The second-order valence-corrected chi connectivity index (χ2v) is 3.76. The van der Waals surface area contributed by atoms with Gasteiger partial charge in [-0.3, -0.25) is 9.36 Å². The average molecular weight is 198 g/mol. The monoisotopic (exact) mass is 198 g/mol. The first-order valence-electron chi connectivity index (χ1n) is 4.94. The van der Waals surface area contributed by atoms with Crippen LogP contribution < -0.4 is 5.56 Å². The van der Waals surface area contributed by atoms with Gasteiger partial charge in [0.15, 0.2) is 0 Å². The third kappa shape index (κ3) is 1.06. The van der Waals surface area contributed by atoms with E-state index in [-0.39, 0.29) is 5.56 Å². The number of aromatic nitrogens is 2. The van der Waals surface area contributed by atoms with E-state index in [9.17, 15) is 4.79 Å². The number of nitrogens with zero attached hydrogens (tertiary/aromatic N) is 2. The Hall–Kier alpha value is -1.90. The second-order valence-electron chi connectivity index (χ2n) is 3.76. The van der Waals surface area contributed by atoms with Crippen LogP contribution in [0.5, 0.6) is 0 Å². The van der Waals surface area contributed by atoms with Crippen molar-refractivity contribution < 1.29 is 0 Å². The summed E-state index contributed by atoms with van der Waals surface area (Å²) >= 11 is 0. The van der Waals surface area contributed by atoms with Crippen molar-refractivity contribution in [2.24, 2.45) is 0 Å². The van der Waals surface area contributed by atoms with Gasteiger partial charge in [0.1, 0.15) is 5.82 Å². The summed E-state index contributed by atoms with van der Waals surface area (Å²) in [5.74, 6) is 0.804. The van der Waals surface area contributed by atoms with Crippen LogP contribution in [0.1, 0.15) is 12.7 Å². The van der Waals surface area contributed by atoms with Crippen molar-refractivity contribution >= 4 is 16.5 Å². The molecule has 1 aliphatic heterocycles. The normalized spacial score (nSPS) is 14.1. The molecule has 0 unspecified atom stereocenters. The Morgan fingerprint density at radius 3 is 3.00 bits per heavy atom. The first-order valence-corrected chi connectivity index (χ1v) is 4.94. The molecule has 0 saturated carbocycles. The topological polar surface area (TPSA) is 34.9 Å². The summed E-state index contributed by atoms with van der Waals surface area (Å²) < 4.78 is 1.72. The molecule has 0 fully saturated rings. The second kappa shape index (κ2) is 2.79. The highest BCUT2D eigenvalue weighted by Gasteiger charge is 2.15. The molecule has 0 amide bonds. The van der Waals surface area contributed by atoms with Crippen molar-refractivity contribution in [2.75, 3.05) is 0 Å². The standard InChI is InChI=1S/C12H10N2O/c1-8-6-7-14-11(8)13-10-5-3-2-4-9(10)12(14)15/h2-6H,7H2,1H3. The van der Waals surface area contributed by atoms with Crippen molar-refractivity contribution in [2.45, 2.75) is 13.5 Å². The Labute approximate surface area is 86.7 Å². The van der Waals surface area contributed by atoms with Gasteiger partial charge in [-0.05, 0) is 24.6 Å². The highest BCUT2D eigenvalue weighted by Crippen LogP contribution is 2.19. The lowest BCUT2D eigenvalue weighted by Gasteiger charge is -2.05. The van der Waals surface area contributed by atoms with Crippen LogP contribution in [0.4, 0.5) is 0 Å². The fraction of sp³-hybridized carbons (Fsp3) is 0.167. The maximum absolute atomic E-state index is 12.1. The number of allylic oxidation sites excluding steroid dienone is 2. The molecule has 0 N–H and O–H groups in total. The summed E-state index contributed by atoms with van der Waals surface area (Å²) in [5, 5.41) is 0.698. The van der Waals surface area contributed by atoms with Crippen LogP contribution in [0.25, 0.3) is 16.5 Å². The molecular formula is C12H10N2O. The van der Waals surface area contributed by atoms with Gasteiger partial charge in [-0.25, -0.2) is 4.98 Å². The van der Waals surface area contributed by atoms with Gasteiger partial charge in [-0.15, -0.1) is 0 Å². The third-order valence-corrected chi connectivity index (χ3v) is 2.79. The van der Waals surface area contributed by atoms with Crippen LogP contribution in [-0.4, -0.2) is 9.55 Å². The van der Waals surface area contributed by atoms with Gasteiger partial charge in [-0.2, -0.15) is 0 Å². The minimum absolute atomic E-state index is 0.0590. The predicted molar refractivity (Wildman–Crippen MR) is 59.7 cm³/mol. The van der Waals surface area contributed by atoms with Crippen molar-refractivity contribution in [3.8, 4) is 0 Å². The van der Waals surface area contributed by atoms with Crippen LogP contribution >= 0.6 is 0 Å². The van der Waals surface area contributed by atoms with E-state index in [1.54, 1.807) is 4.57 Å². The molecule has 3 nitrogen and oxygen atoms in total. The van der Waals surface area contributed by atoms with Crippen molar-refractivity contribution in [1.82, 2.24) is 9.55 Å². The molecule has 0 aliphatic carbocycles. The van der Waals surface area contributed by atoms with Crippen LogP contribution in [0.3, 0.4) is 0 Å². The zero-order valence-corrected chi connectivity index (χ0v) is 8.40. The largest absolute Gasteiger partial charge is 0.288 e. The molecule has 0 bridgehead atoms. The molecule has 15 heavy (non-hydrogen) atoms. The summed E-state index contributed by atoms with van der Waals surface area (Å²) in [5.41, 5.74) is 1.92. The predicted octanol–water partition coefficient (Wildman–Crippen LogP) is 1.81. The van der Waals surface area contributed by atoms with Gasteiger partial charge in [0.2, 0.25) is 0 Å². The fourth-order valence-electron chi connectivity index (χ4n) is 1.96. The van der Waals surface area contributed by atoms with E-state index < -0.39 is 0 Å². The van der Waals surface area contributed by atoms with E-state index in [0.29, 0.717) is 11.9 Å². The molecule has 2 heterocycles. The Balaban J connectivity index is 2.50. The zero-order valence-electron chi connectivity index (χ0n) is 8.40. The summed E-state index contributed by atoms with van der Waals surface area (Å²) in [7, 11) is 0. The molecular weight excluding hydrogens is 188 g/mol. The first-order chi connectivity index (χ1) is 7.27. The number of hydrogen-bond acceptors (Lipinski definition) is 2. The van der Waals surface area contributed by atoms with Crippen LogP contribution in [0.15, 0.2) is 35.1 Å². The van der Waals surface area contributed by atoms with Gasteiger partial charge in [0.25, 0.3) is 5.56 Å². The van der Waals surface area contributed by atoms with E-state index in [4.69, 9.17) is 0 Å². The number of benzene rings is 1. The van der Waals surface area contributed by atoms with Gasteiger partial charge in [-0.1, -0.05) is 18.2 Å². The number of fused-ring (bicyclic) bond motifs is 2. The lowest BCUT2D eigenvalue weighted by molar-refractivity contribution is 0.779. The summed E-state index contributed by atoms with van der Waals surface area (Å²) in [6.45, 7) is 2.64. The van der Waals surface area contributed by atoms with Gasteiger partial charge in [0.05, 0.1) is 10.9 Å². The maximum atomic E-state index is 12.1. The molecule has 0 atom stereocenters. The van der Waals surface area contributed by atoms with E-state index in [1.165, 1.54) is 0 Å². The quantitative estimate of drug-likeness (QED) is 0.647. The Morgan fingerprint density at radius 2 is 2.13 bits per heavy atom. The molecule has 2 aromatic rings. The Bertz CT molecular complexity index is 638. The Morgan fingerprint density at radius 1 is 1.33 bits per heavy atom. The van der Waals surface area contributed by atoms with E-state index in [0.717, 1.165) is 16.9 Å². The fourth-order valence-corrected chi connectivity index (χ4v) is 1.96. The SMILES string of the molecule is CC1=CCn2c1nc1ccccc1c2=O. The number of hydrogen-bond donors (Lipinski definition) is 0. The van der Waals surface area contributed by atoms with E-state index in [1.807, 2.05) is 37.3 Å². The third-order valence-electron chi connectivity index (χ3n) is 2.79. The molecule has 1 aromatic carbocycles. The summed E-state index contributed by atoms with van der Waals surface area (Å²) in [6.07, 6.45) is 2.03. The van der Waals surface area contributed by atoms with Crippen molar-refractivity contribution in [3.05, 3.63) is 46.5 Å². The van der Waals surface area contributed by atoms with Crippen molar-refractivity contribution in [3.63, 3.8) is 0 Å². The van der Waals surface area contributed by atoms with Gasteiger partial charge < -0.3 is 0 Å². The Kier molecular flexibility index (Phi) is 1.57. The van der Waals surface area contributed by atoms with Crippen LogP contribution in [0.2, 0.25) is 0 Å². The molecule has 3 rings (SSSR count). The molecule has 0 radical (unpaired) electrons.